The average molecular weight is 211 g/mol. The zero-order valence-electron chi connectivity index (χ0n) is 7.83. The van der Waals surface area contributed by atoms with Gasteiger partial charge in [-0.25, -0.2) is 0 Å². The van der Waals surface area contributed by atoms with Crippen LogP contribution < -0.4 is 5.73 Å². The molecule has 4 heteroatoms. The summed E-state index contributed by atoms with van der Waals surface area (Å²) in [6.45, 7) is 1.93. The summed E-state index contributed by atoms with van der Waals surface area (Å²) in [5, 5.41) is 5.48. The third kappa shape index (κ3) is 1.61. The molecule has 1 aromatic carbocycles. The van der Waals surface area contributed by atoms with Gasteiger partial charge in [-0.1, -0.05) is 22.8 Å². The Morgan fingerprint density at radius 1 is 1.57 bits per heavy atom. The maximum absolute atomic E-state index is 5.95. The lowest BCUT2D eigenvalue weighted by molar-refractivity contribution is 0.384. The van der Waals surface area contributed by atoms with Crippen LogP contribution in [0.2, 0.25) is 5.02 Å². The molecule has 0 aliphatic rings. The van der Waals surface area contributed by atoms with E-state index in [1.807, 2.05) is 19.1 Å². The fourth-order valence-electron chi connectivity index (χ4n) is 1.42. The number of fused-ring (bicyclic) bond motifs is 1. The predicted octanol–water partition coefficient (Wildman–Crippen LogP) is 2.37. The molecule has 74 valence electrons. The van der Waals surface area contributed by atoms with Crippen LogP contribution in [0.25, 0.3) is 10.9 Å². The molecular weight excluding hydrogens is 200 g/mol. The van der Waals surface area contributed by atoms with Crippen molar-refractivity contribution in [3.63, 3.8) is 0 Å². The third-order valence-electron chi connectivity index (χ3n) is 2.04. The van der Waals surface area contributed by atoms with Gasteiger partial charge in [0.1, 0.15) is 11.3 Å². The van der Waals surface area contributed by atoms with Crippen molar-refractivity contribution in [3.05, 3.63) is 29.0 Å². The molecule has 0 bridgehead atoms. The largest absolute Gasteiger partial charge is 0.360 e. The number of aromatic nitrogens is 1. The predicted molar refractivity (Wildman–Crippen MR) is 56.4 cm³/mol. The minimum Gasteiger partial charge on any atom is -0.360 e. The normalized spacial score (nSPS) is 13.4. The Bertz CT molecular complexity index is 450. The van der Waals surface area contributed by atoms with Crippen LogP contribution in [0, 0.1) is 0 Å². The minimum atomic E-state index is 0.0603. The van der Waals surface area contributed by atoms with Gasteiger partial charge in [0, 0.05) is 17.8 Å². The number of nitrogens with zero attached hydrogens (tertiary/aromatic N) is 1. The van der Waals surface area contributed by atoms with Gasteiger partial charge in [-0.15, -0.1) is 0 Å². The van der Waals surface area contributed by atoms with Gasteiger partial charge in [0.25, 0.3) is 0 Å². The van der Waals surface area contributed by atoms with Crippen molar-refractivity contribution in [3.8, 4) is 0 Å². The Labute approximate surface area is 86.8 Å². The van der Waals surface area contributed by atoms with Gasteiger partial charge in [0.2, 0.25) is 0 Å². The Kier molecular flexibility index (Phi) is 2.44. The van der Waals surface area contributed by atoms with E-state index < -0.39 is 0 Å². The first-order valence-electron chi connectivity index (χ1n) is 4.47. The summed E-state index contributed by atoms with van der Waals surface area (Å²) in [6, 6.07) is 5.68. The van der Waals surface area contributed by atoms with E-state index in [0.717, 1.165) is 11.1 Å². The summed E-state index contributed by atoms with van der Waals surface area (Å²) >= 11 is 5.95. The molecule has 0 radical (unpaired) electrons. The lowest BCUT2D eigenvalue weighted by Gasteiger charge is -1.99. The molecule has 1 aromatic heterocycles. The third-order valence-corrected chi connectivity index (χ3v) is 2.35. The lowest BCUT2D eigenvalue weighted by Crippen LogP contribution is -2.17. The summed E-state index contributed by atoms with van der Waals surface area (Å²) in [6.07, 6.45) is 0.677. The van der Waals surface area contributed by atoms with Crippen molar-refractivity contribution in [1.82, 2.24) is 5.16 Å². The molecule has 0 saturated heterocycles. The molecule has 1 atom stereocenters. The number of hydrogen-bond donors (Lipinski definition) is 1. The number of nitrogens with two attached hydrogens (primary N) is 1. The number of benzene rings is 1. The molecule has 2 N–H and O–H groups in total. The zero-order chi connectivity index (χ0) is 10.1. The molecule has 2 rings (SSSR count). The number of rotatable bonds is 2. The van der Waals surface area contributed by atoms with Crippen LogP contribution >= 0.6 is 11.6 Å². The standard InChI is InChI=1S/C10H11ClN2O/c1-6(12)5-9-7-3-2-4-8(11)10(7)13-14-9/h2-4,6H,5,12H2,1H3. The van der Waals surface area contributed by atoms with E-state index in [0.29, 0.717) is 17.0 Å². The van der Waals surface area contributed by atoms with Gasteiger partial charge in [-0.05, 0) is 19.1 Å². The van der Waals surface area contributed by atoms with E-state index in [9.17, 15) is 0 Å². The number of halogens is 1. The second-order valence-electron chi connectivity index (χ2n) is 3.42. The maximum atomic E-state index is 5.95. The first-order chi connectivity index (χ1) is 6.68. The molecule has 0 spiro atoms. The van der Waals surface area contributed by atoms with Crippen LogP contribution in [0.15, 0.2) is 22.7 Å². The molecular formula is C10H11ClN2O. The van der Waals surface area contributed by atoms with Crippen molar-refractivity contribution >= 4 is 22.5 Å². The SMILES string of the molecule is CC(N)Cc1onc2c(Cl)cccc12. The number of hydrogen-bond acceptors (Lipinski definition) is 3. The van der Waals surface area contributed by atoms with Crippen molar-refractivity contribution in [2.45, 2.75) is 19.4 Å². The van der Waals surface area contributed by atoms with Crippen molar-refractivity contribution in [2.75, 3.05) is 0 Å². The highest BCUT2D eigenvalue weighted by Crippen LogP contribution is 2.25. The topological polar surface area (TPSA) is 52.0 Å². The second kappa shape index (κ2) is 3.59. The second-order valence-corrected chi connectivity index (χ2v) is 3.83. The molecule has 0 fully saturated rings. The Hall–Kier alpha value is -1.06. The molecule has 0 amide bonds. The maximum Gasteiger partial charge on any atom is 0.146 e. The fraction of sp³-hybridized carbons (Fsp3) is 0.300. The van der Waals surface area contributed by atoms with Crippen LogP contribution in [0.5, 0.6) is 0 Å². The Morgan fingerprint density at radius 2 is 2.36 bits per heavy atom. The molecule has 0 aliphatic heterocycles. The van der Waals surface area contributed by atoms with Crippen molar-refractivity contribution < 1.29 is 4.52 Å². The lowest BCUT2D eigenvalue weighted by atomic mass is 10.1. The van der Waals surface area contributed by atoms with Crippen molar-refractivity contribution in [2.24, 2.45) is 5.73 Å². The summed E-state index contributed by atoms with van der Waals surface area (Å²) in [5.74, 6) is 0.803. The monoisotopic (exact) mass is 210 g/mol. The van der Waals surface area contributed by atoms with E-state index >= 15 is 0 Å². The first-order valence-corrected chi connectivity index (χ1v) is 4.84. The van der Waals surface area contributed by atoms with Crippen LogP contribution in [-0.2, 0) is 6.42 Å². The van der Waals surface area contributed by atoms with E-state index in [1.165, 1.54) is 0 Å². The smallest absolute Gasteiger partial charge is 0.146 e. The zero-order valence-corrected chi connectivity index (χ0v) is 8.58. The minimum absolute atomic E-state index is 0.0603. The van der Waals surface area contributed by atoms with Crippen LogP contribution in [0.3, 0.4) is 0 Å². The molecule has 3 nitrogen and oxygen atoms in total. The summed E-state index contributed by atoms with van der Waals surface area (Å²) in [7, 11) is 0. The Morgan fingerprint density at radius 3 is 3.07 bits per heavy atom. The van der Waals surface area contributed by atoms with E-state index in [2.05, 4.69) is 5.16 Å². The van der Waals surface area contributed by atoms with E-state index in [-0.39, 0.29) is 6.04 Å². The van der Waals surface area contributed by atoms with Gasteiger partial charge in [0.15, 0.2) is 0 Å². The van der Waals surface area contributed by atoms with Gasteiger partial charge < -0.3 is 10.3 Å². The molecule has 1 heterocycles. The van der Waals surface area contributed by atoms with E-state index in [1.54, 1.807) is 6.07 Å². The Balaban J connectivity index is 2.52. The van der Waals surface area contributed by atoms with Crippen LogP contribution in [0.1, 0.15) is 12.7 Å². The van der Waals surface area contributed by atoms with Gasteiger partial charge in [-0.2, -0.15) is 0 Å². The molecule has 1 unspecified atom stereocenters. The quantitative estimate of drug-likeness (QED) is 0.828. The van der Waals surface area contributed by atoms with Gasteiger partial charge in [0.05, 0.1) is 5.02 Å². The molecule has 0 aliphatic carbocycles. The highest BCUT2D eigenvalue weighted by molar-refractivity contribution is 6.35. The summed E-state index contributed by atoms with van der Waals surface area (Å²) < 4.78 is 5.19. The molecule has 14 heavy (non-hydrogen) atoms. The highest BCUT2D eigenvalue weighted by Gasteiger charge is 2.11. The van der Waals surface area contributed by atoms with Crippen LogP contribution in [-0.4, -0.2) is 11.2 Å². The highest BCUT2D eigenvalue weighted by atomic mass is 35.5. The summed E-state index contributed by atoms with van der Waals surface area (Å²) in [4.78, 5) is 0. The average Bonchev–Trinajstić information content (AvgIpc) is 2.49. The van der Waals surface area contributed by atoms with E-state index in [4.69, 9.17) is 21.9 Å². The van der Waals surface area contributed by atoms with Gasteiger partial charge in [-0.3, -0.25) is 0 Å². The molecule has 0 saturated carbocycles. The van der Waals surface area contributed by atoms with Crippen LogP contribution in [0.4, 0.5) is 0 Å². The first kappa shape index (κ1) is 9.49. The van der Waals surface area contributed by atoms with Crippen molar-refractivity contribution in [1.29, 1.82) is 0 Å². The van der Waals surface area contributed by atoms with Gasteiger partial charge >= 0.3 is 0 Å². The fourth-order valence-corrected chi connectivity index (χ4v) is 1.63. The molecule has 2 aromatic rings. The summed E-state index contributed by atoms with van der Waals surface area (Å²) in [5.41, 5.74) is 6.40.